The van der Waals surface area contributed by atoms with E-state index in [4.69, 9.17) is 10.5 Å². The van der Waals surface area contributed by atoms with Gasteiger partial charge in [0.15, 0.2) is 5.78 Å². The van der Waals surface area contributed by atoms with E-state index in [-0.39, 0.29) is 43.2 Å². The van der Waals surface area contributed by atoms with Crippen molar-refractivity contribution in [3.05, 3.63) is 0 Å². The molecule has 3 atom stereocenters. The molecular formula is C12H18N2O4. The lowest BCUT2D eigenvalue weighted by atomic mass is 10.0. The van der Waals surface area contributed by atoms with Gasteiger partial charge in [-0.15, -0.1) is 0 Å². The fourth-order valence-corrected chi connectivity index (χ4v) is 2.70. The Labute approximate surface area is 105 Å². The number of amides is 2. The van der Waals surface area contributed by atoms with E-state index in [0.29, 0.717) is 13.0 Å². The molecule has 0 spiro atoms. The van der Waals surface area contributed by atoms with Gasteiger partial charge in [0.05, 0.1) is 6.10 Å². The fourth-order valence-electron chi connectivity index (χ4n) is 2.70. The summed E-state index contributed by atoms with van der Waals surface area (Å²) < 4.78 is 5.32. The first kappa shape index (κ1) is 13.0. The summed E-state index contributed by atoms with van der Waals surface area (Å²) in [6, 6.07) is -0.404. The van der Waals surface area contributed by atoms with E-state index >= 15 is 0 Å². The maximum atomic E-state index is 12.1. The maximum Gasteiger partial charge on any atom is 0.223 e. The summed E-state index contributed by atoms with van der Waals surface area (Å²) in [7, 11) is 0. The zero-order chi connectivity index (χ0) is 13.3. The molecule has 0 aromatic rings. The van der Waals surface area contributed by atoms with Gasteiger partial charge in [0, 0.05) is 19.4 Å². The molecule has 2 heterocycles. The molecule has 2 saturated heterocycles. The highest BCUT2D eigenvalue weighted by Gasteiger charge is 2.46. The first-order chi connectivity index (χ1) is 8.49. The lowest BCUT2D eigenvalue weighted by Gasteiger charge is -2.23. The number of nitrogens with zero attached hydrogens (tertiary/aromatic N) is 1. The average Bonchev–Trinajstić information content (AvgIpc) is 2.80. The molecule has 0 aromatic carbocycles. The van der Waals surface area contributed by atoms with Crippen LogP contribution >= 0.6 is 0 Å². The monoisotopic (exact) mass is 254 g/mol. The number of nitrogens with two attached hydrogens (primary N) is 1. The molecule has 3 unspecified atom stereocenters. The highest BCUT2D eigenvalue weighted by Crippen LogP contribution is 2.28. The third-order valence-corrected chi connectivity index (χ3v) is 3.51. The molecular weight excluding hydrogens is 236 g/mol. The van der Waals surface area contributed by atoms with E-state index in [0.717, 1.165) is 0 Å². The number of rotatable bonds is 4. The Bertz CT molecular complexity index is 382. The molecule has 6 nitrogen and oxygen atoms in total. The largest absolute Gasteiger partial charge is 0.370 e. The van der Waals surface area contributed by atoms with Crippen molar-refractivity contribution < 1.29 is 19.1 Å². The molecule has 100 valence electrons. The van der Waals surface area contributed by atoms with Crippen LogP contribution in [0.5, 0.6) is 0 Å². The molecule has 6 heteroatoms. The summed E-state index contributed by atoms with van der Waals surface area (Å²) in [6.07, 6.45) is 1.03. The van der Waals surface area contributed by atoms with Crippen LogP contribution in [0.3, 0.4) is 0 Å². The standard InChI is InChI=1S/C12H18N2O4/c1-7(4-10(13)16)5-11(17)14-3-2-9-12(14)8(15)6-18-9/h7,9,12H,2-6H2,1H3,(H2,13,16). The van der Waals surface area contributed by atoms with Crippen molar-refractivity contribution in [1.29, 1.82) is 0 Å². The summed E-state index contributed by atoms with van der Waals surface area (Å²) in [6.45, 7) is 2.47. The van der Waals surface area contributed by atoms with E-state index in [1.54, 1.807) is 4.90 Å². The average molecular weight is 254 g/mol. The molecule has 0 radical (unpaired) electrons. The Morgan fingerprint density at radius 1 is 1.50 bits per heavy atom. The summed E-state index contributed by atoms with van der Waals surface area (Å²) in [5.41, 5.74) is 5.09. The lowest BCUT2D eigenvalue weighted by Crippen LogP contribution is -2.42. The first-order valence-corrected chi connectivity index (χ1v) is 6.21. The van der Waals surface area contributed by atoms with E-state index in [1.165, 1.54) is 0 Å². The Kier molecular flexibility index (Phi) is 3.65. The summed E-state index contributed by atoms with van der Waals surface area (Å²) in [5.74, 6) is -0.607. The van der Waals surface area contributed by atoms with Gasteiger partial charge in [-0.3, -0.25) is 14.4 Å². The van der Waals surface area contributed by atoms with E-state index in [9.17, 15) is 14.4 Å². The van der Waals surface area contributed by atoms with Gasteiger partial charge in [-0.05, 0) is 12.3 Å². The summed E-state index contributed by atoms with van der Waals surface area (Å²) in [5, 5.41) is 0. The number of primary amides is 1. The molecule has 2 aliphatic heterocycles. The summed E-state index contributed by atoms with van der Waals surface area (Å²) >= 11 is 0. The van der Waals surface area contributed by atoms with Crippen LogP contribution in [0.25, 0.3) is 0 Å². The molecule has 0 aromatic heterocycles. The highest BCUT2D eigenvalue weighted by molar-refractivity contribution is 5.92. The Morgan fingerprint density at radius 3 is 2.89 bits per heavy atom. The number of likely N-dealkylation sites (tertiary alicyclic amines) is 1. The van der Waals surface area contributed by atoms with E-state index < -0.39 is 11.9 Å². The smallest absolute Gasteiger partial charge is 0.223 e. The Hall–Kier alpha value is -1.43. The molecule has 2 fully saturated rings. The van der Waals surface area contributed by atoms with Crippen molar-refractivity contribution in [3.8, 4) is 0 Å². The van der Waals surface area contributed by atoms with Crippen LogP contribution in [0.15, 0.2) is 0 Å². The van der Waals surface area contributed by atoms with Crippen LogP contribution in [0, 0.1) is 5.92 Å². The second-order valence-electron chi connectivity index (χ2n) is 5.12. The van der Waals surface area contributed by atoms with Gasteiger partial charge in [-0.2, -0.15) is 0 Å². The first-order valence-electron chi connectivity index (χ1n) is 6.21. The predicted molar refractivity (Wildman–Crippen MR) is 62.5 cm³/mol. The van der Waals surface area contributed by atoms with Crippen LogP contribution in [-0.2, 0) is 19.1 Å². The van der Waals surface area contributed by atoms with Crippen LogP contribution < -0.4 is 5.73 Å². The zero-order valence-electron chi connectivity index (χ0n) is 10.4. The quantitative estimate of drug-likeness (QED) is 0.729. The highest BCUT2D eigenvalue weighted by atomic mass is 16.5. The van der Waals surface area contributed by atoms with Crippen LogP contribution in [0.2, 0.25) is 0 Å². The fraction of sp³-hybridized carbons (Fsp3) is 0.750. The topological polar surface area (TPSA) is 89.7 Å². The van der Waals surface area contributed by atoms with E-state index in [1.807, 2.05) is 6.92 Å². The van der Waals surface area contributed by atoms with Crippen molar-refractivity contribution in [1.82, 2.24) is 4.90 Å². The minimum atomic E-state index is -0.408. The van der Waals surface area contributed by atoms with Crippen molar-refractivity contribution in [2.24, 2.45) is 11.7 Å². The number of ketones is 1. The molecule has 18 heavy (non-hydrogen) atoms. The van der Waals surface area contributed by atoms with Gasteiger partial charge in [0.2, 0.25) is 11.8 Å². The van der Waals surface area contributed by atoms with Crippen LogP contribution in [-0.4, -0.2) is 47.8 Å². The minimum absolute atomic E-state index is 0.0200. The Morgan fingerprint density at radius 2 is 2.22 bits per heavy atom. The number of carbonyl (C=O) groups excluding carboxylic acids is 3. The molecule has 2 aliphatic rings. The van der Waals surface area contributed by atoms with Gasteiger partial charge >= 0.3 is 0 Å². The van der Waals surface area contributed by atoms with Gasteiger partial charge in [-0.25, -0.2) is 0 Å². The molecule has 2 amide bonds. The lowest BCUT2D eigenvalue weighted by molar-refractivity contribution is -0.137. The van der Waals surface area contributed by atoms with Crippen LogP contribution in [0.4, 0.5) is 0 Å². The number of carbonyl (C=O) groups is 3. The minimum Gasteiger partial charge on any atom is -0.370 e. The SMILES string of the molecule is CC(CC(N)=O)CC(=O)N1CCC2OCC(=O)C21. The van der Waals surface area contributed by atoms with E-state index in [2.05, 4.69) is 0 Å². The van der Waals surface area contributed by atoms with Crippen molar-refractivity contribution in [2.45, 2.75) is 38.3 Å². The predicted octanol–water partition coefficient (Wildman–Crippen LogP) is -0.543. The molecule has 2 rings (SSSR count). The molecule has 0 saturated carbocycles. The molecule has 0 bridgehead atoms. The second kappa shape index (κ2) is 5.06. The van der Waals surface area contributed by atoms with Crippen molar-refractivity contribution in [3.63, 3.8) is 0 Å². The van der Waals surface area contributed by atoms with Gasteiger partial charge < -0.3 is 15.4 Å². The molecule has 2 N–H and O–H groups in total. The second-order valence-corrected chi connectivity index (χ2v) is 5.12. The number of hydrogen-bond acceptors (Lipinski definition) is 4. The van der Waals surface area contributed by atoms with Crippen molar-refractivity contribution in [2.75, 3.05) is 13.2 Å². The van der Waals surface area contributed by atoms with Gasteiger partial charge in [-0.1, -0.05) is 6.92 Å². The van der Waals surface area contributed by atoms with Gasteiger partial charge in [0.25, 0.3) is 0 Å². The van der Waals surface area contributed by atoms with Crippen LogP contribution in [0.1, 0.15) is 26.2 Å². The number of Topliss-reactive ketones (excluding diaryl/α,β-unsaturated/α-hetero) is 1. The summed E-state index contributed by atoms with van der Waals surface area (Å²) in [4.78, 5) is 36.1. The number of ether oxygens (including phenoxy) is 1. The normalized spacial score (nSPS) is 28.3. The third kappa shape index (κ3) is 2.53. The maximum absolute atomic E-state index is 12.1. The third-order valence-electron chi connectivity index (χ3n) is 3.51. The van der Waals surface area contributed by atoms with Crippen molar-refractivity contribution >= 4 is 17.6 Å². The zero-order valence-corrected chi connectivity index (χ0v) is 10.4. The molecule has 0 aliphatic carbocycles. The Balaban J connectivity index is 1.93. The number of hydrogen-bond donors (Lipinski definition) is 1. The van der Waals surface area contributed by atoms with Gasteiger partial charge in [0.1, 0.15) is 12.6 Å². The number of fused-ring (bicyclic) bond motifs is 1.